The summed E-state index contributed by atoms with van der Waals surface area (Å²) >= 11 is 0. The maximum absolute atomic E-state index is 11.9. The minimum absolute atomic E-state index is 0.176. The number of likely N-dealkylation sites (N-methyl/N-ethyl adjacent to an activating group) is 1. The number of aromatic nitrogens is 2. The molecule has 0 bridgehead atoms. The molecule has 0 spiro atoms. The van der Waals surface area contributed by atoms with Gasteiger partial charge in [-0.2, -0.15) is 5.26 Å². The number of amides is 1. The number of rotatable bonds is 12. The second-order valence-electron chi connectivity index (χ2n) is 9.67. The van der Waals surface area contributed by atoms with E-state index in [0.717, 1.165) is 37.1 Å². The Morgan fingerprint density at radius 3 is 2.74 bits per heavy atom. The van der Waals surface area contributed by atoms with E-state index in [-0.39, 0.29) is 12.5 Å². The molecule has 1 atom stereocenters. The number of hydrogen-bond donors (Lipinski definition) is 2. The highest BCUT2D eigenvalue weighted by molar-refractivity contribution is 5.78. The van der Waals surface area contributed by atoms with E-state index in [2.05, 4.69) is 11.4 Å². The minimum Gasteiger partial charge on any atom is -0.491 e. The van der Waals surface area contributed by atoms with E-state index in [4.69, 9.17) is 14.7 Å². The van der Waals surface area contributed by atoms with Crippen molar-refractivity contribution in [3.63, 3.8) is 0 Å². The van der Waals surface area contributed by atoms with Crippen LogP contribution >= 0.6 is 0 Å². The topological polar surface area (TPSA) is 115 Å². The van der Waals surface area contributed by atoms with Gasteiger partial charge in [-0.25, -0.2) is 9.97 Å². The number of nitrogens with one attached hydrogen (secondary N) is 1. The molecule has 1 aromatic heterocycles. The summed E-state index contributed by atoms with van der Waals surface area (Å²) in [6, 6.07) is 18.9. The molecule has 9 nitrogen and oxygen atoms in total. The van der Waals surface area contributed by atoms with Crippen molar-refractivity contribution in [2.75, 3.05) is 52.2 Å². The number of anilines is 1. The molecule has 9 heteroatoms. The fourth-order valence-electron chi connectivity index (χ4n) is 4.38. The zero-order valence-electron chi connectivity index (χ0n) is 21.9. The standard InChI is InChI=1S/C29H34N6O3/c1-34(2)19-24(36)20-38-25-10-4-9-23(16-25)29-32-26(22-8-3-7-21(15-22)18-30)17-27(33-29)31-12-6-14-35-13-5-11-28(35)37/h3-4,7-10,15-17,24,36H,5-6,11-14,19-20H2,1-2H3,(H,31,32,33). The Kier molecular flexibility index (Phi) is 9.25. The molecule has 1 saturated heterocycles. The predicted molar refractivity (Wildman–Crippen MR) is 147 cm³/mol. The second-order valence-corrected chi connectivity index (χ2v) is 9.67. The van der Waals surface area contributed by atoms with Crippen LogP contribution in [0, 0.1) is 11.3 Å². The number of nitriles is 1. The highest BCUT2D eigenvalue weighted by atomic mass is 16.5. The van der Waals surface area contributed by atoms with Gasteiger partial charge in [0.25, 0.3) is 0 Å². The Hall–Kier alpha value is -4.00. The highest BCUT2D eigenvalue weighted by Crippen LogP contribution is 2.27. The number of ether oxygens (including phenoxy) is 1. The summed E-state index contributed by atoms with van der Waals surface area (Å²) in [5.41, 5.74) is 2.84. The van der Waals surface area contributed by atoms with Crippen molar-refractivity contribution < 1.29 is 14.6 Å². The number of aliphatic hydroxyl groups excluding tert-OH is 1. The van der Waals surface area contributed by atoms with Crippen molar-refractivity contribution in [2.45, 2.75) is 25.4 Å². The number of likely N-dealkylation sites (tertiary alicyclic amines) is 1. The van der Waals surface area contributed by atoms with Gasteiger partial charge in [0.2, 0.25) is 5.91 Å². The minimum atomic E-state index is -0.604. The Bertz CT molecular complexity index is 1290. The quantitative estimate of drug-likeness (QED) is 0.354. The van der Waals surface area contributed by atoms with Gasteiger partial charge in [-0.1, -0.05) is 24.3 Å². The fraction of sp³-hybridized carbons (Fsp3) is 0.379. The van der Waals surface area contributed by atoms with Gasteiger partial charge in [-0.3, -0.25) is 4.79 Å². The van der Waals surface area contributed by atoms with E-state index in [1.165, 1.54) is 0 Å². The number of carbonyl (C=O) groups excluding carboxylic acids is 1. The lowest BCUT2D eigenvalue weighted by molar-refractivity contribution is -0.127. The van der Waals surface area contributed by atoms with Crippen molar-refractivity contribution in [3.8, 4) is 34.5 Å². The van der Waals surface area contributed by atoms with Gasteiger partial charge in [0.05, 0.1) is 17.3 Å². The lowest BCUT2D eigenvalue weighted by atomic mass is 10.1. The van der Waals surface area contributed by atoms with Crippen molar-refractivity contribution in [1.29, 1.82) is 5.26 Å². The molecule has 1 amide bonds. The van der Waals surface area contributed by atoms with Crippen LogP contribution in [0.5, 0.6) is 5.75 Å². The summed E-state index contributed by atoms with van der Waals surface area (Å²) in [4.78, 5) is 25.3. The van der Waals surface area contributed by atoms with Crippen molar-refractivity contribution >= 4 is 11.7 Å². The molecule has 1 fully saturated rings. The maximum atomic E-state index is 11.9. The molecule has 3 aromatic rings. The predicted octanol–water partition coefficient (Wildman–Crippen LogP) is 3.41. The van der Waals surface area contributed by atoms with E-state index < -0.39 is 6.10 Å². The summed E-state index contributed by atoms with van der Waals surface area (Å²) in [7, 11) is 3.80. The van der Waals surface area contributed by atoms with Gasteiger partial charge in [0, 0.05) is 49.8 Å². The molecule has 2 aromatic carbocycles. The summed E-state index contributed by atoms with van der Waals surface area (Å²) < 4.78 is 5.83. The normalized spacial score (nSPS) is 14.0. The molecule has 2 N–H and O–H groups in total. The van der Waals surface area contributed by atoms with Gasteiger partial charge < -0.3 is 25.0 Å². The number of carbonyl (C=O) groups is 1. The molecule has 2 heterocycles. The van der Waals surface area contributed by atoms with Crippen molar-refractivity contribution in [1.82, 2.24) is 19.8 Å². The first-order valence-corrected chi connectivity index (χ1v) is 12.9. The molecular weight excluding hydrogens is 480 g/mol. The number of benzene rings is 2. The van der Waals surface area contributed by atoms with Crippen LogP contribution < -0.4 is 10.1 Å². The molecule has 1 unspecified atom stereocenters. The van der Waals surface area contributed by atoms with Crippen LogP contribution in [0.3, 0.4) is 0 Å². The van der Waals surface area contributed by atoms with Gasteiger partial charge in [-0.05, 0) is 51.2 Å². The average molecular weight is 515 g/mol. The Morgan fingerprint density at radius 2 is 1.97 bits per heavy atom. The molecule has 198 valence electrons. The van der Waals surface area contributed by atoms with E-state index in [1.54, 1.807) is 12.1 Å². The van der Waals surface area contributed by atoms with Crippen LogP contribution in [0.2, 0.25) is 0 Å². The number of hydrogen-bond acceptors (Lipinski definition) is 8. The summed E-state index contributed by atoms with van der Waals surface area (Å²) in [5.74, 6) is 2.02. The average Bonchev–Trinajstić information content (AvgIpc) is 3.34. The second kappa shape index (κ2) is 13.0. The molecule has 4 rings (SSSR count). The van der Waals surface area contributed by atoms with Crippen molar-refractivity contribution in [3.05, 3.63) is 60.2 Å². The molecule has 38 heavy (non-hydrogen) atoms. The van der Waals surface area contributed by atoms with Crippen molar-refractivity contribution in [2.24, 2.45) is 0 Å². The molecule has 1 aliphatic rings. The molecule has 0 saturated carbocycles. The van der Waals surface area contributed by atoms with Crippen LogP contribution in [0.25, 0.3) is 22.6 Å². The molecule has 0 aliphatic carbocycles. The smallest absolute Gasteiger partial charge is 0.222 e. The third-order valence-electron chi connectivity index (χ3n) is 6.21. The lowest BCUT2D eigenvalue weighted by Crippen LogP contribution is -2.30. The third-order valence-corrected chi connectivity index (χ3v) is 6.21. The first-order valence-electron chi connectivity index (χ1n) is 12.9. The maximum Gasteiger partial charge on any atom is 0.222 e. The Morgan fingerprint density at radius 1 is 1.16 bits per heavy atom. The molecule has 1 aliphatic heterocycles. The zero-order chi connectivity index (χ0) is 26.9. The Labute approximate surface area is 223 Å². The molecular formula is C29H34N6O3. The number of aliphatic hydroxyl groups is 1. The van der Waals surface area contributed by atoms with Crippen LogP contribution in [-0.2, 0) is 4.79 Å². The van der Waals surface area contributed by atoms with Crippen LogP contribution in [0.15, 0.2) is 54.6 Å². The summed E-state index contributed by atoms with van der Waals surface area (Å²) in [6.45, 7) is 2.90. The molecule has 0 radical (unpaired) electrons. The van der Waals surface area contributed by atoms with E-state index in [0.29, 0.717) is 48.2 Å². The van der Waals surface area contributed by atoms with Gasteiger partial charge in [0.1, 0.15) is 24.3 Å². The van der Waals surface area contributed by atoms with E-state index >= 15 is 0 Å². The van der Waals surface area contributed by atoms with Crippen LogP contribution in [-0.4, -0.2) is 83.8 Å². The van der Waals surface area contributed by atoms with Gasteiger partial charge >= 0.3 is 0 Å². The third kappa shape index (κ3) is 7.51. The van der Waals surface area contributed by atoms with Gasteiger partial charge in [-0.15, -0.1) is 0 Å². The summed E-state index contributed by atoms with van der Waals surface area (Å²) in [6.07, 6.45) is 1.78. The highest BCUT2D eigenvalue weighted by Gasteiger charge is 2.19. The van der Waals surface area contributed by atoms with Gasteiger partial charge in [0.15, 0.2) is 5.82 Å². The van der Waals surface area contributed by atoms with Crippen LogP contribution in [0.1, 0.15) is 24.8 Å². The number of nitrogens with zero attached hydrogens (tertiary/aromatic N) is 5. The first kappa shape index (κ1) is 27.0. The fourth-order valence-corrected chi connectivity index (χ4v) is 4.38. The van der Waals surface area contributed by atoms with E-state index in [1.807, 2.05) is 66.4 Å². The largest absolute Gasteiger partial charge is 0.491 e. The summed E-state index contributed by atoms with van der Waals surface area (Å²) in [5, 5.41) is 22.9. The lowest BCUT2D eigenvalue weighted by Gasteiger charge is -2.17. The van der Waals surface area contributed by atoms with E-state index in [9.17, 15) is 15.2 Å². The monoisotopic (exact) mass is 514 g/mol. The first-order chi connectivity index (χ1) is 18.4. The van der Waals surface area contributed by atoms with Crippen LogP contribution in [0.4, 0.5) is 5.82 Å². The Balaban J connectivity index is 1.54. The zero-order valence-corrected chi connectivity index (χ0v) is 21.9. The SMILES string of the molecule is CN(C)CC(O)COc1cccc(-c2nc(NCCCN3CCCC3=O)cc(-c3cccc(C#N)c3)n2)c1.